The van der Waals surface area contributed by atoms with E-state index in [-0.39, 0.29) is 12.1 Å². The molecule has 0 bridgehead atoms. The maximum atomic E-state index is 12.4. The highest BCUT2D eigenvalue weighted by atomic mass is 35.5. The summed E-state index contributed by atoms with van der Waals surface area (Å²) in [5.74, 6) is 0. The fourth-order valence-electron chi connectivity index (χ4n) is 4.39. The molecule has 6 nitrogen and oxygen atoms in total. The first kappa shape index (κ1) is 23.8. The van der Waals surface area contributed by atoms with Crippen molar-refractivity contribution in [2.75, 3.05) is 24.7 Å². The molecule has 0 radical (unpaired) electrons. The average Bonchev–Trinajstić information content (AvgIpc) is 2.76. The highest BCUT2D eigenvalue weighted by Gasteiger charge is 2.24. The van der Waals surface area contributed by atoms with E-state index < -0.39 is 6.23 Å². The molecule has 1 aromatic heterocycles. The third-order valence-electron chi connectivity index (χ3n) is 6.23. The van der Waals surface area contributed by atoms with Gasteiger partial charge in [0.25, 0.3) is 5.56 Å². The lowest BCUT2D eigenvalue weighted by atomic mass is 10.0. The Hall–Kier alpha value is -1.86. The molecule has 1 atom stereocenters. The second kappa shape index (κ2) is 10.6. The van der Waals surface area contributed by atoms with E-state index >= 15 is 0 Å². The van der Waals surface area contributed by atoms with Crippen LogP contribution in [0.15, 0.2) is 23.0 Å². The fourth-order valence-corrected chi connectivity index (χ4v) is 4.61. The maximum Gasteiger partial charge on any atom is 0.252 e. The van der Waals surface area contributed by atoms with E-state index in [0.717, 1.165) is 67.1 Å². The lowest BCUT2D eigenvalue weighted by Gasteiger charge is -2.37. The molecule has 2 aromatic rings. The van der Waals surface area contributed by atoms with Crippen LogP contribution in [-0.4, -0.2) is 35.9 Å². The van der Waals surface area contributed by atoms with Gasteiger partial charge in [-0.25, -0.2) is 0 Å². The predicted octanol–water partition coefficient (Wildman–Crippen LogP) is 3.99. The SMILES string of the molecule is CCc1cc(C)c(CNC(O)c2cc(Cl)cc(N(CC)C3CCOCC3)c2C)c(=O)[nH]1. The van der Waals surface area contributed by atoms with E-state index in [2.05, 4.69) is 22.1 Å². The number of H-pyrrole nitrogens is 1. The Labute approximate surface area is 189 Å². The van der Waals surface area contributed by atoms with Crippen molar-refractivity contribution in [2.45, 2.75) is 65.8 Å². The third-order valence-corrected chi connectivity index (χ3v) is 6.45. The van der Waals surface area contributed by atoms with Gasteiger partial charge < -0.3 is 19.7 Å². The van der Waals surface area contributed by atoms with Gasteiger partial charge >= 0.3 is 0 Å². The maximum absolute atomic E-state index is 12.4. The number of benzene rings is 1. The molecular weight excluding hydrogens is 414 g/mol. The highest BCUT2D eigenvalue weighted by molar-refractivity contribution is 6.31. The fraction of sp³-hybridized carbons (Fsp3) is 0.542. The lowest BCUT2D eigenvalue weighted by molar-refractivity contribution is 0.0846. The zero-order valence-electron chi connectivity index (χ0n) is 18.9. The number of halogens is 1. The summed E-state index contributed by atoms with van der Waals surface area (Å²) in [7, 11) is 0. The number of anilines is 1. The number of aliphatic hydroxyl groups excluding tert-OH is 1. The second-order valence-corrected chi connectivity index (χ2v) is 8.63. The van der Waals surface area contributed by atoms with Crippen molar-refractivity contribution in [3.63, 3.8) is 0 Å². The van der Waals surface area contributed by atoms with Crippen molar-refractivity contribution in [3.05, 3.63) is 61.5 Å². The molecule has 31 heavy (non-hydrogen) atoms. The molecule has 3 rings (SSSR count). The van der Waals surface area contributed by atoms with Gasteiger partial charge in [-0.15, -0.1) is 0 Å². The number of rotatable bonds is 8. The van der Waals surface area contributed by atoms with Gasteiger partial charge in [-0.05, 0) is 69.4 Å². The zero-order chi connectivity index (χ0) is 22.5. The van der Waals surface area contributed by atoms with E-state index in [4.69, 9.17) is 16.3 Å². The van der Waals surface area contributed by atoms with Gasteiger partial charge in [0.1, 0.15) is 6.23 Å². The standard InChI is InChI=1S/C24H34ClN3O3/c1-5-18-11-15(3)21(24(30)27-18)14-26-23(29)20-12-17(25)13-22(16(20)4)28(6-2)19-7-9-31-10-8-19/h11-13,19,23,26,29H,5-10,14H2,1-4H3,(H,27,30). The number of pyridine rings is 1. The van der Waals surface area contributed by atoms with Gasteiger partial charge in [0, 0.05) is 59.9 Å². The van der Waals surface area contributed by atoms with Gasteiger partial charge in [-0.2, -0.15) is 0 Å². The van der Waals surface area contributed by atoms with Crippen LogP contribution in [0.5, 0.6) is 0 Å². The molecule has 0 aliphatic carbocycles. The first-order chi connectivity index (χ1) is 14.8. The van der Waals surface area contributed by atoms with Crippen molar-refractivity contribution in [2.24, 2.45) is 0 Å². The molecule has 1 aliphatic heterocycles. The van der Waals surface area contributed by atoms with Gasteiger partial charge in [0.2, 0.25) is 0 Å². The Morgan fingerprint density at radius 1 is 1.26 bits per heavy atom. The van der Waals surface area contributed by atoms with Gasteiger partial charge in [-0.1, -0.05) is 18.5 Å². The molecule has 0 saturated carbocycles. The van der Waals surface area contributed by atoms with Crippen LogP contribution in [0, 0.1) is 13.8 Å². The minimum absolute atomic E-state index is 0.114. The largest absolute Gasteiger partial charge is 0.381 e. The van der Waals surface area contributed by atoms with Crippen molar-refractivity contribution >= 4 is 17.3 Å². The molecule has 1 unspecified atom stereocenters. The first-order valence-corrected chi connectivity index (χ1v) is 11.5. The smallest absolute Gasteiger partial charge is 0.252 e. The Balaban J connectivity index is 1.83. The van der Waals surface area contributed by atoms with Crippen LogP contribution in [0.25, 0.3) is 0 Å². The Morgan fingerprint density at radius 3 is 2.58 bits per heavy atom. The number of hydrogen-bond acceptors (Lipinski definition) is 5. The number of ether oxygens (including phenoxy) is 1. The molecule has 0 spiro atoms. The number of nitrogens with zero attached hydrogens (tertiary/aromatic N) is 1. The topological polar surface area (TPSA) is 77.6 Å². The van der Waals surface area contributed by atoms with Crippen LogP contribution >= 0.6 is 11.6 Å². The Morgan fingerprint density at radius 2 is 1.97 bits per heavy atom. The molecular formula is C24H34ClN3O3. The zero-order valence-corrected chi connectivity index (χ0v) is 19.7. The molecule has 2 heterocycles. The Bertz CT molecular complexity index is 954. The molecule has 7 heteroatoms. The molecule has 0 amide bonds. The summed E-state index contributed by atoms with van der Waals surface area (Å²) in [6.07, 6.45) is 1.80. The molecule has 1 fully saturated rings. The molecule has 1 saturated heterocycles. The van der Waals surface area contributed by atoms with Crippen molar-refractivity contribution in [3.8, 4) is 0 Å². The van der Waals surface area contributed by atoms with E-state index in [0.29, 0.717) is 16.6 Å². The summed E-state index contributed by atoms with van der Waals surface area (Å²) in [6, 6.07) is 6.16. The third kappa shape index (κ3) is 5.50. The van der Waals surface area contributed by atoms with E-state index in [1.54, 1.807) is 6.07 Å². The van der Waals surface area contributed by atoms with Crippen molar-refractivity contribution in [1.82, 2.24) is 10.3 Å². The monoisotopic (exact) mass is 447 g/mol. The number of hydrogen-bond donors (Lipinski definition) is 3. The molecule has 1 aromatic carbocycles. The average molecular weight is 448 g/mol. The van der Waals surface area contributed by atoms with Crippen LogP contribution in [0.3, 0.4) is 0 Å². The summed E-state index contributed by atoms with van der Waals surface area (Å²) in [6.45, 7) is 10.7. The van der Waals surface area contributed by atoms with E-state index in [1.807, 2.05) is 32.9 Å². The molecule has 1 aliphatic rings. The number of nitrogens with one attached hydrogen (secondary N) is 2. The minimum Gasteiger partial charge on any atom is -0.381 e. The first-order valence-electron chi connectivity index (χ1n) is 11.1. The number of aromatic nitrogens is 1. The van der Waals surface area contributed by atoms with Crippen molar-refractivity contribution in [1.29, 1.82) is 0 Å². The van der Waals surface area contributed by atoms with E-state index in [9.17, 15) is 9.90 Å². The normalized spacial score (nSPS) is 15.8. The van der Waals surface area contributed by atoms with Crippen LogP contribution in [0.2, 0.25) is 5.02 Å². The molecule has 3 N–H and O–H groups in total. The van der Waals surface area contributed by atoms with E-state index in [1.165, 1.54) is 0 Å². The summed E-state index contributed by atoms with van der Waals surface area (Å²) in [4.78, 5) is 17.7. The summed E-state index contributed by atoms with van der Waals surface area (Å²) in [5.41, 5.74) is 5.11. The van der Waals surface area contributed by atoms with Crippen molar-refractivity contribution < 1.29 is 9.84 Å². The summed E-state index contributed by atoms with van der Waals surface area (Å²) in [5, 5.41) is 14.6. The number of aromatic amines is 1. The van der Waals surface area contributed by atoms with Crippen LogP contribution in [0.1, 0.15) is 60.9 Å². The van der Waals surface area contributed by atoms with Gasteiger partial charge in [0.05, 0.1) is 0 Å². The number of aliphatic hydroxyl groups is 1. The summed E-state index contributed by atoms with van der Waals surface area (Å²) >= 11 is 6.46. The van der Waals surface area contributed by atoms with Crippen LogP contribution in [0.4, 0.5) is 5.69 Å². The minimum atomic E-state index is -0.935. The van der Waals surface area contributed by atoms with Crippen LogP contribution in [-0.2, 0) is 17.7 Å². The highest BCUT2D eigenvalue weighted by Crippen LogP contribution is 2.33. The summed E-state index contributed by atoms with van der Waals surface area (Å²) < 4.78 is 5.52. The lowest BCUT2D eigenvalue weighted by Crippen LogP contribution is -2.40. The second-order valence-electron chi connectivity index (χ2n) is 8.19. The Kier molecular flexibility index (Phi) is 8.17. The quantitative estimate of drug-likeness (QED) is 0.533. The molecule has 170 valence electrons. The van der Waals surface area contributed by atoms with Crippen LogP contribution < -0.4 is 15.8 Å². The predicted molar refractivity (Wildman–Crippen MR) is 126 cm³/mol. The van der Waals surface area contributed by atoms with Gasteiger partial charge in [-0.3, -0.25) is 10.1 Å². The van der Waals surface area contributed by atoms with Gasteiger partial charge in [0.15, 0.2) is 0 Å². The number of aryl methyl sites for hydroxylation is 2.